The second kappa shape index (κ2) is 8.07. The molecule has 0 spiro atoms. The minimum absolute atomic E-state index is 0.166. The lowest BCUT2D eigenvalue weighted by atomic mass is 10.0. The Hall–Kier alpha value is -2.79. The number of hydrogen-bond donors (Lipinski definition) is 2. The van der Waals surface area contributed by atoms with Gasteiger partial charge in [0.2, 0.25) is 5.91 Å². The van der Waals surface area contributed by atoms with Crippen LogP contribution < -0.4 is 5.32 Å². The van der Waals surface area contributed by atoms with Gasteiger partial charge in [-0.25, -0.2) is 0 Å². The van der Waals surface area contributed by atoms with E-state index < -0.39 is 0 Å². The molecular weight excluding hydrogens is 350 g/mol. The van der Waals surface area contributed by atoms with Crippen LogP contribution in [0.4, 0.5) is 5.69 Å². The fraction of sp³-hybridized carbons (Fsp3) is 0.348. The molecule has 0 aliphatic carbocycles. The number of benzene rings is 2. The topological polar surface area (TPSA) is 57.4 Å². The van der Waals surface area contributed by atoms with Crippen LogP contribution in [0.15, 0.2) is 48.5 Å². The van der Waals surface area contributed by atoms with Crippen molar-refractivity contribution in [3.63, 3.8) is 0 Å². The zero-order valence-electron chi connectivity index (χ0n) is 16.5. The molecule has 1 fully saturated rings. The van der Waals surface area contributed by atoms with E-state index in [1.807, 2.05) is 11.0 Å². The number of fused-ring (bicyclic) bond motifs is 1. The zero-order chi connectivity index (χ0) is 19.5. The molecule has 0 saturated carbocycles. The van der Waals surface area contributed by atoms with Gasteiger partial charge in [0.25, 0.3) is 0 Å². The van der Waals surface area contributed by atoms with Gasteiger partial charge in [-0.1, -0.05) is 30.3 Å². The molecule has 0 radical (unpaired) electrons. The molecule has 3 aromatic rings. The average Bonchev–Trinajstić information content (AvgIpc) is 3.14. The summed E-state index contributed by atoms with van der Waals surface area (Å²) in [6.45, 7) is 3.86. The summed E-state index contributed by atoms with van der Waals surface area (Å²) >= 11 is 0. The Bertz CT molecular complexity index is 957. The summed E-state index contributed by atoms with van der Waals surface area (Å²) in [7, 11) is 1.72. The van der Waals surface area contributed by atoms with Crippen molar-refractivity contribution in [1.82, 2.24) is 9.88 Å². The molecule has 2 aromatic carbocycles. The zero-order valence-corrected chi connectivity index (χ0v) is 16.5. The summed E-state index contributed by atoms with van der Waals surface area (Å²) in [5.41, 5.74) is 5.66. The van der Waals surface area contributed by atoms with Gasteiger partial charge < -0.3 is 19.9 Å². The minimum Gasteiger partial charge on any atom is -0.380 e. The van der Waals surface area contributed by atoms with Crippen LogP contribution in [0.5, 0.6) is 0 Å². The summed E-state index contributed by atoms with van der Waals surface area (Å²) in [4.78, 5) is 17.1. The monoisotopic (exact) mass is 377 g/mol. The van der Waals surface area contributed by atoms with Gasteiger partial charge in [0.05, 0.1) is 17.8 Å². The summed E-state index contributed by atoms with van der Waals surface area (Å²) in [5.74, 6) is 0.166. The molecule has 28 heavy (non-hydrogen) atoms. The quantitative estimate of drug-likeness (QED) is 0.693. The van der Waals surface area contributed by atoms with E-state index in [0.29, 0.717) is 12.6 Å². The van der Waals surface area contributed by atoms with Crippen LogP contribution in [-0.4, -0.2) is 42.0 Å². The SMILES string of the molecule is COCc1cc(NC2CCN(C(C)=O)CC2)c2[nH]c(-c3ccccc3)cc2c1. The van der Waals surface area contributed by atoms with Crippen molar-refractivity contribution in [3.05, 3.63) is 54.1 Å². The second-order valence-electron chi connectivity index (χ2n) is 7.51. The maximum atomic E-state index is 11.6. The number of H-pyrrole nitrogens is 1. The molecule has 1 saturated heterocycles. The number of nitrogens with zero attached hydrogens (tertiary/aromatic N) is 1. The summed E-state index contributed by atoms with van der Waals surface area (Å²) in [6, 6.07) is 17.3. The van der Waals surface area contributed by atoms with Gasteiger partial charge in [-0.05, 0) is 42.2 Å². The van der Waals surface area contributed by atoms with Crippen molar-refractivity contribution in [1.29, 1.82) is 0 Å². The van der Waals surface area contributed by atoms with Crippen molar-refractivity contribution in [2.24, 2.45) is 0 Å². The summed E-state index contributed by atoms with van der Waals surface area (Å²) < 4.78 is 5.37. The highest BCUT2D eigenvalue weighted by molar-refractivity contribution is 5.95. The number of piperidine rings is 1. The first-order valence-corrected chi connectivity index (χ1v) is 9.86. The summed E-state index contributed by atoms with van der Waals surface area (Å²) in [6.07, 6.45) is 1.92. The van der Waals surface area contributed by atoms with Crippen molar-refractivity contribution >= 4 is 22.5 Å². The highest BCUT2D eigenvalue weighted by Gasteiger charge is 2.21. The van der Waals surface area contributed by atoms with Gasteiger partial charge >= 0.3 is 0 Å². The van der Waals surface area contributed by atoms with E-state index in [4.69, 9.17) is 4.74 Å². The fourth-order valence-corrected chi connectivity index (χ4v) is 4.00. The smallest absolute Gasteiger partial charge is 0.219 e. The van der Waals surface area contributed by atoms with Crippen molar-refractivity contribution in [2.75, 3.05) is 25.5 Å². The lowest BCUT2D eigenvalue weighted by molar-refractivity contribution is -0.129. The Labute approximate surface area is 165 Å². The van der Waals surface area contributed by atoms with E-state index in [1.54, 1.807) is 14.0 Å². The number of carbonyl (C=O) groups excluding carboxylic acids is 1. The van der Waals surface area contributed by atoms with Crippen molar-refractivity contribution < 1.29 is 9.53 Å². The van der Waals surface area contributed by atoms with Crippen LogP contribution >= 0.6 is 0 Å². The Morgan fingerprint density at radius 2 is 1.93 bits per heavy atom. The first-order valence-electron chi connectivity index (χ1n) is 9.86. The van der Waals surface area contributed by atoms with Crippen LogP contribution in [0.2, 0.25) is 0 Å². The lowest BCUT2D eigenvalue weighted by Crippen LogP contribution is -2.41. The first-order chi connectivity index (χ1) is 13.6. The highest BCUT2D eigenvalue weighted by atomic mass is 16.5. The number of aromatic nitrogens is 1. The van der Waals surface area contributed by atoms with Crippen LogP contribution in [0.3, 0.4) is 0 Å². The predicted octanol–water partition coefficient (Wildman–Crippen LogP) is 4.40. The molecule has 2 N–H and O–H groups in total. The molecule has 0 bridgehead atoms. The molecule has 5 nitrogen and oxygen atoms in total. The third-order valence-corrected chi connectivity index (χ3v) is 5.48. The molecule has 1 amide bonds. The number of amides is 1. The number of nitrogens with one attached hydrogen (secondary N) is 2. The Morgan fingerprint density at radius 3 is 2.61 bits per heavy atom. The molecule has 146 valence electrons. The van der Waals surface area contributed by atoms with E-state index in [2.05, 4.69) is 52.8 Å². The molecule has 0 unspecified atom stereocenters. The van der Waals surface area contributed by atoms with Gasteiger partial charge in [-0.15, -0.1) is 0 Å². The van der Waals surface area contributed by atoms with Crippen LogP contribution in [-0.2, 0) is 16.1 Å². The Morgan fingerprint density at radius 1 is 1.18 bits per heavy atom. The van der Waals surface area contributed by atoms with Gasteiger partial charge in [0, 0.05) is 44.2 Å². The Balaban J connectivity index is 1.64. The number of aromatic amines is 1. The molecule has 4 rings (SSSR count). The second-order valence-corrected chi connectivity index (χ2v) is 7.51. The van der Waals surface area contributed by atoms with E-state index in [9.17, 15) is 4.79 Å². The number of methoxy groups -OCH3 is 1. The first kappa shape index (κ1) is 18.6. The molecule has 2 heterocycles. The lowest BCUT2D eigenvalue weighted by Gasteiger charge is -2.32. The largest absolute Gasteiger partial charge is 0.380 e. The molecule has 5 heteroatoms. The van der Waals surface area contributed by atoms with Crippen LogP contribution in [0.25, 0.3) is 22.2 Å². The number of likely N-dealkylation sites (tertiary alicyclic amines) is 1. The maximum absolute atomic E-state index is 11.6. The van der Waals surface area contributed by atoms with E-state index in [1.165, 1.54) is 10.9 Å². The number of rotatable bonds is 5. The van der Waals surface area contributed by atoms with Crippen molar-refractivity contribution in [3.8, 4) is 11.3 Å². The maximum Gasteiger partial charge on any atom is 0.219 e. The van der Waals surface area contributed by atoms with Gasteiger partial charge in [-0.3, -0.25) is 4.79 Å². The number of hydrogen-bond acceptors (Lipinski definition) is 3. The minimum atomic E-state index is 0.166. The van der Waals surface area contributed by atoms with Gasteiger partial charge in [-0.2, -0.15) is 0 Å². The van der Waals surface area contributed by atoms with Crippen molar-refractivity contribution in [2.45, 2.75) is 32.4 Å². The normalized spacial score (nSPS) is 15.1. The van der Waals surface area contributed by atoms with E-state index in [-0.39, 0.29) is 5.91 Å². The molecule has 0 atom stereocenters. The molecule has 1 aliphatic rings. The Kier molecular flexibility index (Phi) is 5.35. The summed E-state index contributed by atoms with van der Waals surface area (Å²) in [5, 5.41) is 4.90. The number of carbonyl (C=O) groups is 1. The molecule has 1 aliphatic heterocycles. The van der Waals surface area contributed by atoms with E-state index in [0.717, 1.165) is 48.4 Å². The van der Waals surface area contributed by atoms with Crippen LogP contribution in [0.1, 0.15) is 25.3 Å². The van der Waals surface area contributed by atoms with Gasteiger partial charge in [0.1, 0.15) is 0 Å². The van der Waals surface area contributed by atoms with Crippen LogP contribution in [0, 0.1) is 0 Å². The third kappa shape index (κ3) is 3.90. The number of ether oxygens (including phenoxy) is 1. The highest BCUT2D eigenvalue weighted by Crippen LogP contribution is 2.31. The number of anilines is 1. The average molecular weight is 377 g/mol. The fourth-order valence-electron chi connectivity index (χ4n) is 4.00. The molecule has 1 aromatic heterocycles. The van der Waals surface area contributed by atoms with E-state index >= 15 is 0 Å². The van der Waals surface area contributed by atoms with Gasteiger partial charge in [0.15, 0.2) is 0 Å². The standard InChI is InChI=1S/C23H27N3O2/c1-16(27)26-10-8-20(9-11-26)24-22-13-17(15-28-2)12-19-14-21(25-23(19)22)18-6-4-3-5-7-18/h3-7,12-14,20,24-25H,8-11,15H2,1-2H3. The third-order valence-electron chi connectivity index (χ3n) is 5.48. The predicted molar refractivity (Wildman–Crippen MR) is 113 cm³/mol. The molecular formula is C23H27N3O2.